The van der Waals surface area contributed by atoms with Gasteiger partial charge in [0.05, 0.1) is 13.7 Å². The molecule has 0 unspecified atom stereocenters. The molecule has 2 nitrogen and oxygen atoms in total. The summed E-state index contributed by atoms with van der Waals surface area (Å²) in [5.74, 6) is -0.594. The van der Waals surface area contributed by atoms with Gasteiger partial charge in [-0.15, -0.1) is 11.6 Å². The van der Waals surface area contributed by atoms with Crippen LogP contribution in [0.4, 0.5) is 17.6 Å². The molecule has 0 aliphatic rings. The van der Waals surface area contributed by atoms with E-state index in [1.807, 2.05) is 0 Å². The summed E-state index contributed by atoms with van der Waals surface area (Å²) >= 11 is 5.46. The molecule has 0 fully saturated rings. The van der Waals surface area contributed by atoms with Crippen LogP contribution in [-0.4, -0.2) is 37.2 Å². The van der Waals surface area contributed by atoms with Gasteiger partial charge in [-0.2, -0.15) is 13.2 Å². The third-order valence-electron chi connectivity index (χ3n) is 2.46. The minimum absolute atomic E-state index is 0.00957. The maximum absolute atomic E-state index is 13.8. The van der Waals surface area contributed by atoms with Crippen LogP contribution in [0, 0.1) is 5.82 Å². The van der Waals surface area contributed by atoms with Crippen LogP contribution in [0.15, 0.2) is 18.2 Å². The Balaban J connectivity index is 2.84. The highest BCUT2D eigenvalue weighted by molar-refractivity contribution is 6.18. The summed E-state index contributed by atoms with van der Waals surface area (Å²) in [7, 11) is 1.30. The smallest absolute Gasteiger partial charge is 0.401 e. The second-order valence-electron chi connectivity index (χ2n) is 3.95. The van der Waals surface area contributed by atoms with Gasteiger partial charge in [0.2, 0.25) is 0 Å². The van der Waals surface area contributed by atoms with E-state index in [0.717, 1.165) is 4.90 Å². The lowest BCUT2D eigenvalue weighted by Crippen LogP contribution is -2.35. The van der Waals surface area contributed by atoms with Crippen LogP contribution in [0.5, 0.6) is 5.75 Å². The molecular weight excluding hydrogens is 286 g/mol. The average molecular weight is 300 g/mol. The summed E-state index contributed by atoms with van der Waals surface area (Å²) < 4.78 is 55.8. The van der Waals surface area contributed by atoms with Crippen molar-refractivity contribution in [3.63, 3.8) is 0 Å². The van der Waals surface area contributed by atoms with Gasteiger partial charge in [0, 0.05) is 24.5 Å². The number of hydrogen-bond donors (Lipinski definition) is 0. The molecule has 0 atom stereocenters. The van der Waals surface area contributed by atoms with Crippen LogP contribution < -0.4 is 4.74 Å². The zero-order chi connectivity index (χ0) is 14.5. The molecule has 0 spiro atoms. The highest BCUT2D eigenvalue weighted by Gasteiger charge is 2.30. The minimum atomic E-state index is -4.35. The number of alkyl halides is 4. The summed E-state index contributed by atoms with van der Waals surface area (Å²) in [6.45, 7) is -1.27. The number of methoxy groups -OCH3 is 1. The molecule has 0 saturated carbocycles. The number of ether oxygens (including phenoxy) is 1. The van der Waals surface area contributed by atoms with Crippen molar-refractivity contribution in [2.45, 2.75) is 12.7 Å². The van der Waals surface area contributed by atoms with Crippen LogP contribution in [0.2, 0.25) is 0 Å². The summed E-state index contributed by atoms with van der Waals surface area (Å²) in [4.78, 5) is 1.05. The summed E-state index contributed by atoms with van der Waals surface area (Å²) in [6.07, 6.45) is -4.35. The lowest BCUT2D eigenvalue weighted by molar-refractivity contribution is -0.146. The van der Waals surface area contributed by atoms with E-state index in [1.54, 1.807) is 0 Å². The van der Waals surface area contributed by atoms with Crippen LogP contribution in [0.25, 0.3) is 0 Å². The Morgan fingerprint density at radius 1 is 1.32 bits per heavy atom. The molecule has 7 heteroatoms. The average Bonchev–Trinajstić information content (AvgIpc) is 2.30. The zero-order valence-corrected chi connectivity index (χ0v) is 11.1. The van der Waals surface area contributed by atoms with Gasteiger partial charge in [-0.25, -0.2) is 4.39 Å². The minimum Gasteiger partial charge on any atom is -0.494 e. The van der Waals surface area contributed by atoms with E-state index in [1.165, 1.54) is 25.3 Å². The molecule has 1 aromatic carbocycles. The monoisotopic (exact) mass is 299 g/mol. The molecule has 0 aliphatic carbocycles. The molecule has 108 valence electrons. The lowest BCUT2D eigenvalue weighted by atomic mass is 10.2. The number of benzene rings is 1. The lowest BCUT2D eigenvalue weighted by Gasteiger charge is -2.23. The van der Waals surface area contributed by atoms with Gasteiger partial charge < -0.3 is 4.74 Å². The van der Waals surface area contributed by atoms with Gasteiger partial charge in [0.25, 0.3) is 0 Å². The molecule has 1 aromatic rings. The molecule has 19 heavy (non-hydrogen) atoms. The third-order valence-corrected chi connectivity index (χ3v) is 2.63. The van der Waals surface area contributed by atoms with E-state index in [4.69, 9.17) is 16.3 Å². The van der Waals surface area contributed by atoms with E-state index in [0.29, 0.717) is 0 Å². The topological polar surface area (TPSA) is 12.5 Å². The van der Waals surface area contributed by atoms with E-state index < -0.39 is 18.5 Å². The Bertz CT molecular complexity index is 411. The van der Waals surface area contributed by atoms with Crippen LogP contribution in [-0.2, 0) is 6.54 Å². The van der Waals surface area contributed by atoms with Crippen LogP contribution in [0.3, 0.4) is 0 Å². The number of rotatable bonds is 6. The van der Waals surface area contributed by atoms with Crippen LogP contribution >= 0.6 is 11.6 Å². The predicted molar refractivity (Wildman–Crippen MR) is 65.0 cm³/mol. The largest absolute Gasteiger partial charge is 0.494 e. The molecule has 0 N–H and O–H groups in total. The maximum atomic E-state index is 13.8. The van der Waals surface area contributed by atoms with Gasteiger partial charge in [-0.1, -0.05) is 12.1 Å². The van der Waals surface area contributed by atoms with Crippen molar-refractivity contribution in [2.75, 3.05) is 26.1 Å². The highest BCUT2D eigenvalue weighted by atomic mass is 35.5. The summed E-state index contributed by atoms with van der Waals surface area (Å²) in [6, 6.07) is 4.37. The molecule has 0 aliphatic heterocycles. The molecule has 0 saturated heterocycles. The third kappa shape index (κ3) is 5.24. The first kappa shape index (κ1) is 16.0. The standard InChI is InChI=1S/C12H14ClF4NO/c1-19-10-4-2-3-9(11(10)14)7-18(6-5-13)8-12(15,16)17/h2-4H,5-8H2,1H3. The molecule has 0 radical (unpaired) electrons. The van der Waals surface area contributed by atoms with E-state index >= 15 is 0 Å². The Morgan fingerprint density at radius 3 is 2.53 bits per heavy atom. The van der Waals surface area contributed by atoms with E-state index in [-0.39, 0.29) is 30.3 Å². The highest BCUT2D eigenvalue weighted by Crippen LogP contribution is 2.23. The fourth-order valence-corrected chi connectivity index (χ4v) is 1.90. The van der Waals surface area contributed by atoms with Gasteiger partial charge in [-0.05, 0) is 6.07 Å². The van der Waals surface area contributed by atoms with Crippen molar-refractivity contribution in [1.29, 1.82) is 0 Å². The zero-order valence-electron chi connectivity index (χ0n) is 10.3. The number of hydrogen-bond acceptors (Lipinski definition) is 2. The van der Waals surface area contributed by atoms with Gasteiger partial charge in [-0.3, -0.25) is 4.90 Å². The van der Waals surface area contributed by atoms with Crippen molar-refractivity contribution in [2.24, 2.45) is 0 Å². The van der Waals surface area contributed by atoms with Crippen molar-refractivity contribution in [3.8, 4) is 5.75 Å². The Hall–Kier alpha value is -1.01. The Labute approximate surface area is 113 Å². The van der Waals surface area contributed by atoms with Gasteiger partial charge in [0.1, 0.15) is 0 Å². The van der Waals surface area contributed by atoms with Crippen molar-refractivity contribution < 1.29 is 22.3 Å². The molecular formula is C12H14ClF4NO. The molecule has 0 heterocycles. The molecule has 0 bridgehead atoms. The summed E-state index contributed by atoms with van der Waals surface area (Å²) in [5, 5.41) is 0. The number of nitrogens with zero attached hydrogens (tertiary/aromatic N) is 1. The Kier molecular flexibility index (Phi) is 5.87. The summed E-state index contributed by atoms with van der Waals surface area (Å²) in [5.41, 5.74) is 0.147. The van der Waals surface area contributed by atoms with Gasteiger partial charge in [0.15, 0.2) is 11.6 Å². The molecule has 1 rings (SSSR count). The van der Waals surface area contributed by atoms with Crippen molar-refractivity contribution >= 4 is 11.6 Å². The quantitative estimate of drug-likeness (QED) is 0.589. The predicted octanol–water partition coefficient (Wildman–Crippen LogP) is 3.44. The molecule has 0 amide bonds. The Morgan fingerprint density at radius 2 is 2.00 bits per heavy atom. The SMILES string of the molecule is COc1cccc(CN(CCCl)CC(F)(F)F)c1F. The fraction of sp³-hybridized carbons (Fsp3) is 0.500. The normalized spacial score (nSPS) is 11.9. The first-order valence-electron chi connectivity index (χ1n) is 5.54. The van der Waals surface area contributed by atoms with E-state index in [9.17, 15) is 17.6 Å². The van der Waals surface area contributed by atoms with Crippen molar-refractivity contribution in [3.05, 3.63) is 29.6 Å². The maximum Gasteiger partial charge on any atom is 0.401 e. The second-order valence-corrected chi connectivity index (χ2v) is 4.33. The fourth-order valence-electron chi connectivity index (χ4n) is 1.66. The van der Waals surface area contributed by atoms with Crippen molar-refractivity contribution in [1.82, 2.24) is 4.90 Å². The van der Waals surface area contributed by atoms with Gasteiger partial charge >= 0.3 is 6.18 Å². The second kappa shape index (κ2) is 6.96. The first-order chi connectivity index (χ1) is 8.87. The molecule has 0 aromatic heterocycles. The number of halogens is 5. The first-order valence-corrected chi connectivity index (χ1v) is 6.07. The van der Waals surface area contributed by atoms with E-state index in [2.05, 4.69) is 0 Å². The van der Waals surface area contributed by atoms with Crippen LogP contribution in [0.1, 0.15) is 5.56 Å².